The van der Waals surface area contributed by atoms with E-state index in [4.69, 9.17) is 10.5 Å². The van der Waals surface area contributed by atoms with Gasteiger partial charge in [0.15, 0.2) is 5.82 Å². The number of hydrogen-bond acceptors (Lipinski definition) is 6. The molecule has 2 heterocycles. The first-order valence-electron chi connectivity index (χ1n) is 5.34. The lowest BCUT2D eigenvalue weighted by molar-refractivity contribution is 0.399. The van der Waals surface area contributed by atoms with E-state index in [1.54, 1.807) is 19.4 Å². The van der Waals surface area contributed by atoms with Crippen molar-refractivity contribution >= 4 is 22.7 Å². The summed E-state index contributed by atoms with van der Waals surface area (Å²) in [6.07, 6.45) is 1.70. The van der Waals surface area contributed by atoms with Gasteiger partial charge in [0.05, 0.1) is 7.11 Å². The fourth-order valence-electron chi connectivity index (χ4n) is 1.47. The van der Waals surface area contributed by atoms with Gasteiger partial charge in [-0.3, -0.25) is 0 Å². The van der Waals surface area contributed by atoms with Crippen LogP contribution >= 0.6 is 0 Å². The lowest BCUT2D eigenvalue weighted by Crippen LogP contribution is -2.12. The van der Waals surface area contributed by atoms with Crippen molar-refractivity contribution in [3.63, 3.8) is 0 Å². The maximum atomic E-state index is 5.82. The van der Waals surface area contributed by atoms with E-state index in [0.29, 0.717) is 23.2 Å². The number of anilines is 2. The summed E-state index contributed by atoms with van der Waals surface area (Å²) < 4.78 is 5.04. The summed E-state index contributed by atoms with van der Waals surface area (Å²) in [5.74, 6) is 1.35. The predicted molar refractivity (Wildman–Crippen MR) is 67.1 cm³/mol. The lowest BCUT2D eigenvalue weighted by atomic mass is 10.3. The molecule has 0 saturated heterocycles. The number of nitrogens with one attached hydrogen (secondary N) is 1. The van der Waals surface area contributed by atoms with E-state index in [2.05, 4.69) is 20.3 Å². The van der Waals surface area contributed by atoms with Gasteiger partial charge in [-0.05, 0) is 13.8 Å². The number of methoxy groups -OCH3 is 1. The molecule has 0 fully saturated rings. The van der Waals surface area contributed by atoms with Crippen molar-refractivity contribution in [2.24, 2.45) is 0 Å². The average Bonchev–Trinajstić information content (AvgIpc) is 2.29. The molecule has 6 heteroatoms. The molecule has 17 heavy (non-hydrogen) atoms. The molecular weight excluding hydrogens is 218 g/mol. The minimum Gasteiger partial charge on any atom is -0.481 e. The number of pyridine rings is 1. The summed E-state index contributed by atoms with van der Waals surface area (Å²) in [6, 6.07) is 2.02. The Morgan fingerprint density at radius 1 is 1.35 bits per heavy atom. The third-order valence-corrected chi connectivity index (χ3v) is 2.20. The van der Waals surface area contributed by atoms with Crippen LogP contribution in [0.3, 0.4) is 0 Å². The van der Waals surface area contributed by atoms with Crippen molar-refractivity contribution in [3.05, 3.63) is 12.3 Å². The minimum atomic E-state index is 0.264. The Morgan fingerprint density at radius 2 is 2.12 bits per heavy atom. The molecule has 0 aromatic carbocycles. The van der Waals surface area contributed by atoms with Gasteiger partial charge in [-0.1, -0.05) is 0 Å². The molecule has 0 radical (unpaired) electrons. The predicted octanol–water partition coefficient (Wildman–Crippen LogP) is 1.44. The molecule has 0 bridgehead atoms. The SMILES string of the molecule is COc1cc2cnc(NC(C)C)nc2c(N)n1. The topological polar surface area (TPSA) is 86.0 Å². The number of nitrogens with zero attached hydrogens (tertiary/aromatic N) is 3. The largest absolute Gasteiger partial charge is 0.481 e. The van der Waals surface area contributed by atoms with E-state index in [-0.39, 0.29) is 6.04 Å². The Hall–Kier alpha value is -2.11. The molecular formula is C11H15N5O. The standard InChI is InChI=1S/C11H15N5O/c1-6(2)14-11-13-5-7-4-8(17-3)15-10(12)9(7)16-11/h4-6H,1-3H3,(H2,12,15)(H,13,14,16). The summed E-state index contributed by atoms with van der Waals surface area (Å²) in [6.45, 7) is 4.03. The Balaban J connectivity index is 2.50. The van der Waals surface area contributed by atoms with Crippen LogP contribution in [0, 0.1) is 0 Å². The number of fused-ring (bicyclic) bond motifs is 1. The molecule has 0 aliphatic carbocycles. The molecule has 0 aliphatic rings. The average molecular weight is 233 g/mol. The van der Waals surface area contributed by atoms with Crippen molar-refractivity contribution < 1.29 is 4.74 Å². The highest BCUT2D eigenvalue weighted by Gasteiger charge is 2.07. The summed E-state index contributed by atoms with van der Waals surface area (Å²) in [5.41, 5.74) is 6.45. The van der Waals surface area contributed by atoms with Gasteiger partial charge in [0, 0.05) is 23.7 Å². The van der Waals surface area contributed by atoms with E-state index in [0.717, 1.165) is 5.39 Å². The quantitative estimate of drug-likeness (QED) is 0.834. The number of ether oxygens (including phenoxy) is 1. The summed E-state index contributed by atoms with van der Waals surface area (Å²) in [5, 5.41) is 3.92. The van der Waals surface area contributed by atoms with Crippen LogP contribution in [-0.2, 0) is 0 Å². The van der Waals surface area contributed by atoms with Crippen molar-refractivity contribution in [3.8, 4) is 5.88 Å². The van der Waals surface area contributed by atoms with Gasteiger partial charge in [0.2, 0.25) is 11.8 Å². The van der Waals surface area contributed by atoms with E-state index >= 15 is 0 Å². The van der Waals surface area contributed by atoms with Gasteiger partial charge in [0.1, 0.15) is 5.52 Å². The van der Waals surface area contributed by atoms with Crippen molar-refractivity contribution in [1.82, 2.24) is 15.0 Å². The maximum absolute atomic E-state index is 5.82. The smallest absolute Gasteiger partial charge is 0.223 e. The molecule has 6 nitrogen and oxygen atoms in total. The summed E-state index contributed by atoms with van der Waals surface area (Å²) in [7, 11) is 1.54. The van der Waals surface area contributed by atoms with Gasteiger partial charge in [0.25, 0.3) is 0 Å². The second-order valence-corrected chi connectivity index (χ2v) is 3.98. The Kier molecular flexibility index (Phi) is 2.95. The van der Waals surface area contributed by atoms with Gasteiger partial charge < -0.3 is 15.8 Å². The molecule has 0 amide bonds. The van der Waals surface area contributed by atoms with E-state index in [1.807, 2.05) is 13.8 Å². The molecule has 0 spiro atoms. The molecule has 0 saturated carbocycles. The van der Waals surface area contributed by atoms with E-state index in [9.17, 15) is 0 Å². The third kappa shape index (κ3) is 2.35. The van der Waals surface area contributed by atoms with E-state index < -0.39 is 0 Å². The first-order valence-corrected chi connectivity index (χ1v) is 5.34. The molecule has 2 aromatic heterocycles. The second-order valence-electron chi connectivity index (χ2n) is 3.98. The number of nitrogens with two attached hydrogens (primary N) is 1. The molecule has 0 atom stereocenters. The van der Waals surface area contributed by atoms with Crippen molar-refractivity contribution in [1.29, 1.82) is 0 Å². The fraction of sp³-hybridized carbons (Fsp3) is 0.364. The Bertz CT molecular complexity index is 541. The first-order chi connectivity index (χ1) is 8.10. The first kappa shape index (κ1) is 11.4. The number of aromatic nitrogens is 3. The van der Waals surface area contributed by atoms with Gasteiger partial charge in [-0.15, -0.1) is 0 Å². The highest BCUT2D eigenvalue weighted by molar-refractivity contribution is 5.88. The third-order valence-electron chi connectivity index (χ3n) is 2.20. The fourth-order valence-corrected chi connectivity index (χ4v) is 1.47. The highest BCUT2D eigenvalue weighted by atomic mass is 16.5. The zero-order valence-corrected chi connectivity index (χ0v) is 10.1. The number of hydrogen-bond donors (Lipinski definition) is 2. The van der Waals surface area contributed by atoms with Crippen LogP contribution in [0.4, 0.5) is 11.8 Å². The molecule has 2 aromatic rings. The molecule has 3 N–H and O–H groups in total. The summed E-state index contributed by atoms with van der Waals surface area (Å²) in [4.78, 5) is 12.6. The van der Waals surface area contributed by atoms with Crippen LogP contribution in [-0.4, -0.2) is 28.1 Å². The van der Waals surface area contributed by atoms with Gasteiger partial charge in [-0.25, -0.2) is 9.97 Å². The minimum absolute atomic E-state index is 0.264. The second kappa shape index (κ2) is 4.40. The monoisotopic (exact) mass is 233 g/mol. The summed E-state index contributed by atoms with van der Waals surface area (Å²) >= 11 is 0. The molecule has 90 valence electrons. The molecule has 2 rings (SSSR count). The molecule has 0 aliphatic heterocycles. The van der Waals surface area contributed by atoms with Crippen LogP contribution in [0.2, 0.25) is 0 Å². The van der Waals surface area contributed by atoms with Crippen LogP contribution in [0.15, 0.2) is 12.3 Å². The molecule has 0 unspecified atom stereocenters. The van der Waals surface area contributed by atoms with Gasteiger partial charge in [-0.2, -0.15) is 4.98 Å². The lowest BCUT2D eigenvalue weighted by Gasteiger charge is -2.09. The zero-order valence-electron chi connectivity index (χ0n) is 10.1. The normalized spacial score (nSPS) is 10.8. The van der Waals surface area contributed by atoms with Crippen LogP contribution in [0.1, 0.15) is 13.8 Å². The van der Waals surface area contributed by atoms with Crippen molar-refractivity contribution in [2.75, 3.05) is 18.2 Å². The van der Waals surface area contributed by atoms with Gasteiger partial charge >= 0.3 is 0 Å². The Labute approximate surface area is 99.2 Å². The zero-order chi connectivity index (χ0) is 12.4. The Morgan fingerprint density at radius 3 is 2.76 bits per heavy atom. The highest BCUT2D eigenvalue weighted by Crippen LogP contribution is 2.22. The van der Waals surface area contributed by atoms with Crippen LogP contribution in [0.25, 0.3) is 10.9 Å². The number of rotatable bonds is 3. The van der Waals surface area contributed by atoms with Crippen LogP contribution in [0.5, 0.6) is 5.88 Å². The van der Waals surface area contributed by atoms with Crippen molar-refractivity contribution in [2.45, 2.75) is 19.9 Å². The maximum Gasteiger partial charge on any atom is 0.223 e. The van der Waals surface area contributed by atoms with Crippen LogP contribution < -0.4 is 15.8 Å². The van der Waals surface area contributed by atoms with E-state index in [1.165, 1.54) is 0 Å². The number of nitrogen functional groups attached to an aromatic ring is 1.